The first-order valence-corrected chi connectivity index (χ1v) is 8.80. The number of hydrogen-bond acceptors (Lipinski definition) is 3. The van der Waals surface area contributed by atoms with Crippen LogP contribution in [0.2, 0.25) is 0 Å². The third kappa shape index (κ3) is 3.16. The third-order valence-electron chi connectivity index (χ3n) is 5.87. The lowest BCUT2D eigenvalue weighted by Crippen LogP contribution is -2.74. The molecule has 3 rings (SSSR count). The van der Waals surface area contributed by atoms with Gasteiger partial charge in [0.1, 0.15) is 0 Å². The largest absolute Gasteiger partial charge is 0.302 e. The van der Waals surface area contributed by atoms with Crippen molar-refractivity contribution in [2.75, 3.05) is 45.8 Å². The molecule has 0 saturated carbocycles. The van der Waals surface area contributed by atoms with Gasteiger partial charge in [-0.1, -0.05) is 0 Å². The van der Waals surface area contributed by atoms with Gasteiger partial charge in [0.2, 0.25) is 0 Å². The molecule has 0 aliphatic carbocycles. The molecule has 1 atom stereocenters. The van der Waals surface area contributed by atoms with Crippen LogP contribution in [-0.4, -0.2) is 71.6 Å². The highest BCUT2D eigenvalue weighted by molar-refractivity contribution is 5.08. The highest BCUT2D eigenvalue weighted by Crippen LogP contribution is 2.43. The Morgan fingerprint density at radius 1 is 0.857 bits per heavy atom. The van der Waals surface area contributed by atoms with Crippen molar-refractivity contribution in [3.8, 4) is 0 Å². The average Bonchev–Trinajstić information content (AvgIpc) is 2.65. The van der Waals surface area contributed by atoms with Crippen LogP contribution in [0.1, 0.15) is 48.0 Å². The minimum atomic E-state index is 0.353. The average molecular weight is 293 g/mol. The van der Waals surface area contributed by atoms with Crippen LogP contribution in [-0.2, 0) is 0 Å². The van der Waals surface area contributed by atoms with Crippen LogP contribution in [0.5, 0.6) is 0 Å². The fraction of sp³-hybridized carbons (Fsp3) is 1.00. The highest BCUT2D eigenvalue weighted by Gasteiger charge is 2.53. The SMILES string of the molecule is CC(C)(C)N1CCC(CN2CC3(C2)CN(C(C)(C)C)C3)C1. The predicted octanol–water partition coefficient (Wildman–Crippen LogP) is 2.52. The molecule has 0 aromatic heterocycles. The Morgan fingerprint density at radius 3 is 1.90 bits per heavy atom. The Labute approximate surface area is 131 Å². The van der Waals surface area contributed by atoms with Crippen molar-refractivity contribution in [3.05, 3.63) is 0 Å². The van der Waals surface area contributed by atoms with Gasteiger partial charge < -0.3 is 4.90 Å². The first kappa shape index (κ1) is 15.8. The molecule has 122 valence electrons. The maximum Gasteiger partial charge on any atom is 0.0212 e. The molecule has 3 heteroatoms. The first-order valence-electron chi connectivity index (χ1n) is 8.80. The summed E-state index contributed by atoms with van der Waals surface area (Å²) in [5.74, 6) is 0.903. The molecule has 0 bridgehead atoms. The van der Waals surface area contributed by atoms with Crippen molar-refractivity contribution < 1.29 is 0 Å². The number of nitrogens with zero attached hydrogens (tertiary/aromatic N) is 3. The second-order valence-corrected chi connectivity index (χ2v) is 9.97. The van der Waals surface area contributed by atoms with Crippen LogP contribution in [0.4, 0.5) is 0 Å². The number of rotatable bonds is 2. The molecule has 3 nitrogen and oxygen atoms in total. The minimum absolute atomic E-state index is 0.353. The van der Waals surface area contributed by atoms with Gasteiger partial charge in [0.25, 0.3) is 0 Å². The summed E-state index contributed by atoms with van der Waals surface area (Å²) in [6.07, 6.45) is 1.40. The third-order valence-corrected chi connectivity index (χ3v) is 5.87. The van der Waals surface area contributed by atoms with Crippen LogP contribution < -0.4 is 0 Å². The molecule has 1 spiro atoms. The van der Waals surface area contributed by atoms with Crippen LogP contribution >= 0.6 is 0 Å². The smallest absolute Gasteiger partial charge is 0.0212 e. The summed E-state index contributed by atoms with van der Waals surface area (Å²) in [7, 11) is 0. The van der Waals surface area contributed by atoms with E-state index in [9.17, 15) is 0 Å². The molecule has 0 aromatic rings. The molecular weight excluding hydrogens is 258 g/mol. The summed E-state index contributed by atoms with van der Waals surface area (Å²) in [4.78, 5) is 8.02. The second kappa shape index (κ2) is 4.94. The van der Waals surface area contributed by atoms with Gasteiger partial charge >= 0.3 is 0 Å². The molecule has 21 heavy (non-hydrogen) atoms. The van der Waals surface area contributed by atoms with Crippen molar-refractivity contribution in [2.24, 2.45) is 11.3 Å². The number of likely N-dealkylation sites (tertiary alicyclic amines) is 3. The lowest BCUT2D eigenvalue weighted by molar-refractivity contribution is -0.147. The summed E-state index contributed by atoms with van der Waals surface area (Å²) in [6.45, 7) is 23.4. The minimum Gasteiger partial charge on any atom is -0.302 e. The maximum absolute atomic E-state index is 2.72. The zero-order valence-corrected chi connectivity index (χ0v) is 15.1. The van der Waals surface area contributed by atoms with E-state index in [-0.39, 0.29) is 0 Å². The Bertz CT molecular complexity index is 376. The molecule has 1 unspecified atom stereocenters. The topological polar surface area (TPSA) is 9.72 Å². The molecule has 0 aromatic carbocycles. The zero-order chi connectivity index (χ0) is 15.5. The van der Waals surface area contributed by atoms with Gasteiger partial charge in [0.15, 0.2) is 0 Å². The Hall–Kier alpha value is -0.120. The second-order valence-electron chi connectivity index (χ2n) is 9.97. The van der Waals surface area contributed by atoms with E-state index in [1.165, 1.54) is 52.2 Å². The highest BCUT2D eigenvalue weighted by atomic mass is 15.3. The monoisotopic (exact) mass is 293 g/mol. The van der Waals surface area contributed by atoms with Gasteiger partial charge in [-0.15, -0.1) is 0 Å². The van der Waals surface area contributed by atoms with E-state index in [2.05, 4.69) is 56.2 Å². The Morgan fingerprint density at radius 2 is 1.43 bits per heavy atom. The van der Waals surface area contributed by atoms with Crippen molar-refractivity contribution in [1.29, 1.82) is 0 Å². The van der Waals surface area contributed by atoms with Gasteiger partial charge in [-0.2, -0.15) is 0 Å². The number of hydrogen-bond donors (Lipinski definition) is 0. The van der Waals surface area contributed by atoms with E-state index < -0.39 is 0 Å². The van der Waals surface area contributed by atoms with Crippen molar-refractivity contribution in [1.82, 2.24) is 14.7 Å². The fourth-order valence-electron chi connectivity index (χ4n) is 4.43. The molecule has 3 fully saturated rings. The quantitative estimate of drug-likeness (QED) is 0.774. The summed E-state index contributed by atoms with van der Waals surface area (Å²) < 4.78 is 0. The molecule has 0 radical (unpaired) electrons. The van der Waals surface area contributed by atoms with Gasteiger partial charge in [-0.3, -0.25) is 9.80 Å². The molecule has 3 aliphatic heterocycles. The van der Waals surface area contributed by atoms with Crippen LogP contribution in [0, 0.1) is 11.3 Å². The van der Waals surface area contributed by atoms with E-state index in [1.54, 1.807) is 0 Å². The maximum atomic E-state index is 2.72. The molecule has 0 N–H and O–H groups in total. The summed E-state index contributed by atoms with van der Waals surface area (Å²) >= 11 is 0. The summed E-state index contributed by atoms with van der Waals surface area (Å²) in [5.41, 5.74) is 1.38. The Balaban J connectivity index is 1.39. The molecular formula is C18H35N3. The molecule has 3 aliphatic rings. The van der Waals surface area contributed by atoms with Crippen LogP contribution in [0.25, 0.3) is 0 Å². The van der Waals surface area contributed by atoms with Gasteiger partial charge in [0, 0.05) is 55.8 Å². The Kier molecular flexibility index (Phi) is 3.71. The van der Waals surface area contributed by atoms with E-state index >= 15 is 0 Å². The van der Waals surface area contributed by atoms with E-state index in [0.29, 0.717) is 16.5 Å². The van der Waals surface area contributed by atoms with E-state index in [4.69, 9.17) is 0 Å². The normalized spacial score (nSPS) is 31.4. The summed E-state index contributed by atoms with van der Waals surface area (Å²) in [5, 5.41) is 0. The van der Waals surface area contributed by atoms with Crippen molar-refractivity contribution in [3.63, 3.8) is 0 Å². The van der Waals surface area contributed by atoms with Crippen molar-refractivity contribution in [2.45, 2.75) is 59.0 Å². The fourth-order valence-corrected chi connectivity index (χ4v) is 4.43. The lowest BCUT2D eigenvalue weighted by Gasteiger charge is -2.64. The molecule has 3 saturated heterocycles. The zero-order valence-electron chi connectivity index (χ0n) is 15.1. The lowest BCUT2D eigenvalue weighted by atomic mass is 9.70. The molecule has 3 heterocycles. The first-order chi connectivity index (χ1) is 9.57. The predicted molar refractivity (Wildman–Crippen MR) is 89.6 cm³/mol. The van der Waals surface area contributed by atoms with Gasteiger partial charge in [-0.25, -0.2) is 0 Å². The van der Waals surface area contributed by atoms with E-state index in [0.717, 1.165) is 5.92 Å². The summed E-state index contributed by atoms with van der Waals surface area (Å²) in [6, 6.07) is 0. The standard InChI is InChI=1S/C18H35N3/c1-16(2,3)20-8-7-15(10-20)9-19-11-18(12-19)13-21(14-18)17(4,5)6/h15H,7-14H2,1-6H3. The van der Waals surface area contributed by atoms with Crippen molar-refractivity contribution >= 4 is 0 Å². The van der Waals surface area contributed by atoms with E-state index in [1.807, 2.05) is 0 Å². The van der Waals surface area contributed by atoms with Gasteiger partial charge in [-0.05, 0) is 60.4 Å². The van der Waals surface area contributed by atoms with Crippen LogP contribution in [0.15, 0.2) is 0 Å². The van der Waals surface area contributed by atoms with Crippen LogP contribution in [0.3, 0.4) is 0 Å². The molecule has 0 amide bonds. The van der Waals surface area contributed by atoms with Gasteiger partial charge in [0.05, 0.1) is 0 Å².